The minimum absolute atomic E-state index is 0.341. The van der Waals surface area contributed by atoms with Crippen LogP contribution in [0.4, 0.5) is 0 Å². The Labute approximate surface area is 96.0 Å². The quantitative estimate of drug-likeness (QED) is 0.831. The average molecular weight is 222 g/mol. The van der Waals surface area contributed by atoms with Crippen molar-refractivity contribution in [3.05, 3.63) is 23.0 Å². The maximum Gasteiger partial charge on any atom is 0.128 e. The Balaban J connectivity index is 2.07. The smallest absolute Gasteiger partial charge is 0.128 e. The van der Waals surface area contributed by atoms with Crippen molar-refractivity contribution in [3.63, 3.8) is 0 Å². The highest BCUT2D eigenvalue weighted by molar-refractivity contribution is 5.40. The van der Waals surface area contributed by atoms with Crippen LogP contribution < -0.4 is 10.1 Å². The lowest BCUT2D eigenvalue weighted by Gasteiger charge is -2.27. The van der Waals surface area contributed by atoms with Crippen molar-refractivity contribution in [1.82, 2.24) is 10.3 Å². The molecule has 1 fully saturated rings. The van der Waals surface area contributed by atoms with Gasteiger partial charge in [0.25, 0.3) is 0 Å². The van der Waals surface area contributed by atoms with E-state index in [-0.39, 0.29) is 0 Å². The van der Waals surface area contributed by atoms with Crippen LogP contribution >= 0.6 is 0 Å². The Morgan fingerprint density at radius 1 is 1.44 bits per heavy atom. The molecule has 1 aromatic rings. The van der Waals surface area contributed by atoms with Gasteiger partial charge in [0.1, 0.15) is 5.75 Å². The number of rotatable bonds is 4. The van der Waals surface area contributed by atoms with E-state index >= 15 is 0 Å². The fourth-order valence-electron chi connectivity index (χ4n) is 1.79. The second-order valence-electron chi connectivity index (χ2n) is 4.14. The summed E-state index contributed by atoms with van der Waals surface area (Å²) >= 11 is 0. The van der Waals surface area contributed by atoms with E-state index in [1.165, 1.54) is 0 Å². The van der Waals surface area contributed by atoms with Crippen LogP contribution in [0.5, 0.6) is 5.75 Å². The van der Waals surface area contributed by atoms with Crippen molar-refractivity contribution >= 4 is 0 Å². The van der Waals surface area contributed by atoms with Gasteiger partial charge < -0.3 is 14.8 Å². The number of ether oxygens (including phenoxy) is 2. The Morgan fingerprint density at radius 2 is 2.19 bits per heavy atom. The van der Waals surface area contributed by atoms with Gasteiger partial charge in [-0.15, -0.1) is 0 Å². The van der Waals surface area contributed by atoms with Crippen LogP contribution in [0, 0.1) is 13.8 Å². The molecule has 4 nitrogen and oxygen atoms in total. The number of nitrogens with zero attached hydrogens (tertiary/aromatic N) is 1. The minimum Gasteiger partial charge on any atom is -0.496 e. The molecule has 2 heterocycles. The van der Waals surface area contributed by atoms with E-state index in [2.05, 4.69) is 10.3 Å². The molecule has 1 saturated heterocycles. The summed E-state index contributed by atoms with van der Waals surface area (Å²) in [6.45, 7) is 6.48. The van der Waals surface area contributed by atoms with Gasteiger partial charge in [-0.05, 0) is 13.8 Å². The zero-order valence-corrected chi connectivity index (χ0v) is 10.0. The average Bonchev–Trinajstić information content (AvgIpc) is 2.20. The van der Waals surface area contributed by atoms with Crippen molar-refractivity contribution in [2.24, 2.45) is 0 Å². The van der Waals surface area contributed by atoms with Gasteiger partial charge in [0.15, 0.2) is 0 Å². The third-order valence-electron chi connectivity index (χ3n) is 2.95. The topological polar surface area (TPSA) is 43.4 Å². The molecule has 0 aromatic carbocycles. The standard InChI is InChI=1S/C12H18N2O2/c1-8-4-14-11(9(2)12(8)15-3)7-16-10-5-13-6-10/h4,10,13H,5-7H2,1-3H3. The lowest BCUT2D eigenvalue weighted by atomic mass is 10.1. The molecule has 1 N–H and O–H groups in total. The predicted molar refractivity (Wildman–Crippen MR) is 61.7 cm³/mol. The van der Waals surface area contributed by atoms with E-state index in [1.807, 2.05) is 20.0 Å². The molecule has 0 aliphatic carbocycles. The molecule has 0 unspecified atom stereocenters. The summed E-state index contributed by atoms with van der Waals surface area (Å²) in [5.41, 5.74) is 3.11. The molecule has 2 rings (SSSR count). The van der Waals surface area contributed by atoms with Crippen molar-refractivity contribution < 1.29 is 9.47 Å². The number of hydrogen-bond donors (Lipinski definition) is 1. The highest BCUT2D eigenvalue weighted by atomic mass is 16.5. The summed E-state index contributed by atoms with van der Waals surface area (Å²) in [5.74, 6) is 0.917. The lowest BCUT2D eigenvalue weighted by Crippen LogP contribution is -2.48. The highest BCUT2D eigenvalue weighted by Crippen LogP contribution is 2.24. The first-order valence-corrected chi connectivity index (χ1v) is 5.53. The Hall–Kier alpha value is -1.13. The second-order valence-corrected chi connectivity index (χ2v) is 4.14. The predicted octanol–water partition coefficient (Wildman–Crippen LogP) is 1.20. The van der Waals surface area contributed by atoms with Gasteiger partial charge >= 0.3 is 0 Å². The molecule has 1 aliphatic rings. The van der Waals surface area contributed by atoms with Gasteiger partial charge in [-0.1, -0.05) is 0 Å². The first-order chi connectivity index (χ1) is 7.72. The normalized spacial score (nSPS) is 15.9. The van der Waals surface area contributed by atoms with Gasteiger partial charge in [0.2, 0.25) is 0 Å². The van der Waals surface area contributed by atoms with Crippen LogP contribution in [0.15, 0.2) is 6.20 Å². The minimum atomic E-state index is 0.341. The summed E-state index contributed by atoms with van der Waals surface area (Å²) in [6, 6.07) is 0. The van der Waals surface area contributed by atoms with Crippen LogP contribution in [0.2, 0.25) is 0 Å². The third kappa shape index (κ3) is 2.18. The van der Waals surface area contributed by atoms with Crippen molar-refractivity contribution in [2.75, 3.05) is 20.2 Å². The molecular weight excluding hydrogens is 204 g/mol. The molecule has 0 amide bonds. The number of methoxy groups -OCH3 is 1. The van der Waals surface area contributed by atoms with Gasteiger partial charge in [0, 0.05) is 30.4 Å². The van der Waals surface area contributed by atoms with Gasteiger partial charge in [0.05, 0.1) is 25.5 Å². The van der Waals surface area contributed by atoms with Crippen LogP contribution in [0.25, 0.3) is 0 Å². The summed E-state index contributed by atoms with van der Waals surface area (Å²) in [4.78, 5) is 4.39. The van der Waals surface area contributed by atoms with Gasteiger partial charge in [-0.3, -0.25) is 4.98 Å². The molecular formula is C12H18N2O2. The van der Waals surface area contributed by atoms with Crippen LogP contribution in [-0.4, -0.2) is 31.3 Å². The van der Waals surface area contributed by atoms with E-state index in [0.717, 1.165) is 35.7 Å². The summed E-state index contributed by atoms with van der Waals surface area (Å²) in [7, 11) is 1.69. The van der Waals surface area contributed by atoms with Crippen molar-refractivity contribution in [2.45, 2.75) is 26.6 Å². The molecule has 0 bridgehead atoms. The molecule has 0 spiro atoms. The molecule has 1 aromatic heterocycles. The van der Waals surface area contributed by atoms with Gasteiger partial charge in [-0.25, -0.2) is 0 Å². The largest absolute Gasteiger partial charge is 0.496 e. The first-order valence-electron chi connectivity index (χ1n) is 5.53. The zero-order valence-electron chi connectivity index (χ0n) is 10.0. The summed E-state index contributed by atoms with van der Waals surface area (Å²) in [5, 5.41) is 3.17. The van der Waals surface area contributed by atoms with Crippen LogP contribution in [0.3, 0.4) is 0 Å². The van der Waals surface area contributed by atoms with Crippen molar-refractivity contribution in [1.29, 1.82) is 0 Å². The van der Waals surface area contributed by atoms with Gasteiger partial charge in [-0.2, -0.15) is 0 Å². The number of aromatic nitrogens is 1. The molecule has 16 heavy (non-hydrogen) atoms. The fraction of sp³-hybridized carbons (Fsp3) is 0.583. The van der Waals surface area contributed by atoms with E-state index in [9.17, 15) is 0 Å². The van der Waals surface area contributed by atoms with E-state index < -0.39 is 0 Å². The number of aryl methyl sites for hydroxylation is 1. The number of pyridine rings is 1. The maximum atomic E-state index is 5.70. The Morgan fingerprint density at radius 3 is 2.75 bits per heavy atom. The summed E-state index contributed by atoms with van der Waals surface area (Å²) < 4.78 is 11.1. The molecule has 0 atom stereocenters. The lowest BCUT2D eigenvalue weighted by molar-refractivity contribution is 0.00573. The van der Waals surface area contributed by atoms with Crippen molar-refractivity contribution in [3.8, 4) is 5.75 Å². The molecule has 4 heteroatoms. The van der Waals surface area contributed by atoms with E-state index in [4.69, 9.17) is 9.47 Å². The first kappa shape index (κ1) is 11.4. The third-order valence-corrected chi connectivity index (χ3v) is 2.95. The zero-order chi connectivity index (χ0) is 11.5. The molecule has 1 aliphatic heterocycles. The highest BCUT2D eigenvalue weighted by Gasteiger charge is 2.18. The Bertz CT molecular complexity index is 376. The molecule has 0 radical (unpaired) electrons. The van der Waals surface area contributed by atoms with Crippen LogP contribution in [-0.2, 0) is 11.3 Å². The molecule has 88 valence electrons. The van der Waals surface area contributed by atoms with E-state index in [0.29, 0.717) is 12.7 Å². The van der Waals surface area contributed by atoms with E-state index in [1.54, 1.807) is 7.11 Å². The van der Waals surface area contributed by atoms with Crippen LogP contribution in [0.1, 0.15) is 16.8 Å². The Kier molecular flexibility index (Phi) is 3.41. The number of nitrogens with one attached hydrogen (secondary N) is 1. The number of hydrogen-bond acceptors (Lipinski definition) is 4. The fourth-order valence-corrected chi connectivity index (χ4v) is 1.79. The maximum absolute atomic E-state index is 5.70. The second kappa shape index (κ2) is 4.80. The summed E-state index contributed by atoms with van der Waals surface area (Å²) in [6.07, 6.45) is 2.18. The molecule has 0 saturated carbocycles. The monoisotopic (exact) mass is 222 g/mol. The SMILES string of the molecule is COc1c(C)cnc(COC2CNC2)c1C.